The lowest BCUT2D eigenvalue weighted by Gasteiger charge is -2.32. The van der Waals surface area contributed by atoms with Crippen LogP contribution in [0.25, 0.3) is 0 Å². The van der Waals surface area contributed by atoms with Gasteiger partial charge in [0.2, 0.25) is 0 Å². The molecule has 1 aromatic rings. The third-order valence-corrected chi connectivity index (χ3v) is 4.63. The summed E-state index contributed by atoms with van der Waals surface area (Å²) in [6, 6.07) is 6.29. The summed E-state index contributed by atoms with van der Waals surface area (Å²) in [5.74, 6) is 0.898. The standard InChI is InChI=1S/C17H27NO/c1-4-15-7-9-18(10-8-15)12-17(19)16-6-5-13(2)14(3)11-16/h5-6,11,15,17,19H,4,7-10,12H2,1-3H3. The van der Waals surface area contributed by atoms with E-state index >= 15 is 0 Å². The molecule has 1 N–H and O–H groups in total. The zero-order chi connectivity index (χ0) is 13.8. The van der Waals surface area contributed by atoms with Gasteiger partial charge in [0.05, 0.1) is 6.10 Å². The lowest BCUT2D eigenvalue weighted by molar-refractivity contribution is 0.0887. The maximum atomic E-state index is 10.4. The second-order valence-electron chi connectivity index (χ2n) is 6.01. The van der Waals surface area contributed by atoms with Crippen molar-refractivity contribution >= 4 is 0 Å². The minimum atomic E-state index is -0.350. The van der Waals surface area contributed by atoms with Crippen LogP contribution in [0, 0.1) is 19.8 Å². The highest BCUT2D eigenvalue weighted by Gasteiger charge is 2.20. The molecule has 2 heteroatoms. The van der Waals surface area contributed by atoms with Crippen LogP contribution in [0.15, 0.2) is 18.2 Å². The monoisotopic (exact) mass is 261 g/mol. The van der Waals surface area contributed by atoms with Gasteiger partial charge < -0.3 is 10.0 Å². The molecule has 1 saturated heterocycles. The third-order valence-electron chi connectivity index (χ3n) is 4.63. The summed E-state index contributed by atoms with van der Waals surface area (Å²) in [5.41, 5.74) is 3.61. The van der Waals surface area contributed by atoms with E-state index in [1.807, 2.05) is 0 Å². The van der Waals surface area contributed by atoms with Crippen LogP contribution in [0.5, 0.6) is 0 Å². The van der Waals surface area contributed by atoms with Gasteiger partial charge in [-0.1, -0.05) is 31.5 Å². The lowest BCUT2D eigenvalue weighted by atomic mass is 9.94. The number of hydrogen-bond donors (Lipinski definition) is 1. The molecule has 1 aliphatic rings. The van der Waals surface area contributed by atoms with Crippen LogP contribution in [-0.2, 0) is 0 Å². The Balaban J connectivity index is 1.90. The van der Waals surface area contributed by atoms with E-state index in [2.05, 4.69) is 43.9 Å². The first-order valence-electron chi connectivity index (χ1n) is 7.57. The largest absolute Gasteiger partial charge is 0.387 e. The van der Waals surface area contributed by atoms with Crippen molar-refractivity contribution in [3.63, 3.8) is 0 Å². The van der Waals surface area contributed by atoms with Crippen molar-refractivity contribution < 1.29 is 5.11 Å². The summed E-state index contributed by atoms with van der Waals surface area (Å²) in [5, 5.41) is 10.4. The number of β-amino-alcohol motifs (C(OH)–C–C–N with tert-alkyl or cyclic N) is 1. The summed E-state index contributed by atoms with van der Waals surface area (Å²) < 4.78 is 0. The van der Waals surface area contributed by atoms with Crippen molar-refractivity contribution in [2.75, 3.05) is 19.6 Å². The van der Waals surface area contributed by atoms with E-state index in [0.29, 0.717) is 0 Å². The number of aliphatic hydroxyl groups excluding tert-OH is 1. The van der Waals surface area contributed by atoms with Gasteiger partial charge in [0.1, 0.15) is 0 Å². The number of aryl methyl sites for hydroxylation is 2. The predicted molar refractivity (Wildman–Crippen MR) is 80.3 cm³/mol. The Morgan fingerprint density at radius 1 is 1.21 bits per heavy atom. The van der Waals surface area contributed by atoms with Crippen molar-refractivity contribution in [1.29, 1.82) is 0 Å². The first-order valence-corrected chi connectivity index (χ1v) is 7.57. The van der Waals surface area contributed by atoms with Gasteiger partial charge in [0, 0.05) is 6.54 Å². The summed E-state index contributed by atoms with van der Waals surface area (Å²) in [7, 11) is 0. The van der Waals surface area contributed by atoms with Crippen LogP contribution >= 0.6 is 0 Å². The first kappa shape index (κ1) is 14.5. The van der Waals surface area contributed by atoms with Gasteiger partial charge in [-0.3, -0.25) is 0 Å². The molecule has 1 aromatic carbocycles. The smallest absolute Gasteiger partial charge is 0.0917 e. The molecular weight excluding hydrogens is 234 g/mol. The van der Waals surface area contributed by atoms with Crippen molar-refractivity contribution in [3.8, 4) is 0 Å². The Morgan fingerprint density at radius 3 is 2.47 bits per heavy atom. The van der Waals surface area contributed by atoms with E-state index in [0.717, 1.165) is 31.1 Å². The number of likely N-dealkylation sites (tertiary alicyclic amines) is 1. The van der Waals surface area contributed by atoms with Crippen molar-refractivity contribution in [1.82, 2.24) is 4.90 Å². The topological polar surface area (TPSA) is 23.5 Å². The summed E-state index contributed by atoms with van der Waals surface area (Å²) in [4.78, 5) is 2.41. The molecule has 1 atom stereocenters. The normalized spacial score (nSPS) is 19.6. The zero-order valence-corrected chi connectivity index (χ0v) is 12.5. The zero-order valence-electron chi connectivity index (χ0n) is 12.5. The molecule has 1 fully saturated rings. The SMILES string of the molecule is CCC1CCN(CC(O)c2ccc(C)c(C)c2)CC1. The Hall–Kier alpha value is -0.860. The fourth-order valence-corrected chi connectivity index (χ4v) is 2.90. The Kier molecular flexibility index (Phi) is 5.00. The average molecular weight is 261 g/mol. The lowest BCUT2D eigenvalue weighted by Crippen LogP contribution is -2.36. The molecule has 1 heterocycles. The molecule has 0 bridgehead atoms. The first-order chi connectivity index (χ1) is 9.10. The highest BCUT2D eigenvalue weighted by Crippen LogP contribution is 2.23. The molecule has 0 amide bonds. The van der Waals surface area contributed by atoms with E-state index in [9.17, 15) is 5.11 Å². The fraction of sp³-hybridized carbons (Fsp3) is 0.647. The van der Waals surface area contributed by atoms with E-state index in [-0.39, 0.29) is 6.10 Å². The number of nitrogens with zero attached hydrogens (tertiary/aromatic N) is 1. The Labute approximate surface area is 117 Å². The summed E-state index contributed by atoms with van der Waals surface area (Å²) >= 11 is 0. The minimum Gasteiger partial charge on any atom is -0.387 e. The number of hydrogen-bond acceptors (Lipinski definition) is 2. The van der Waals surface area contributed by atoms with Crippen LogP contribution in [0.1, 0.15) is 49.0 Å². The molecular formula is C17H27NO. The molecule has 0 radical (unpaired) electrons. The second kappa shape index (κ2) is 6.53. The van der Waals surface area contributed by atoms with Crippen molar-refractivity contribution in [2.24, 2.45) is 5.92 Å². The van der Waals surface area contributed by atoms with Gasteiger partial charge in [0.15, 0.2) is 0 Å². The predicted octanol–water partition coefficient (Wildman–Crippen LogP) is 3.46. The van der Waals surface area contributed by atoms with Crippen LogP contribution in [0.3, 0.4) is 0 Å². The third kappa shape index (κ3) is 3.80. The number of rotatable bonds is 4. The molecule has 0 aromatic heterocycles. The molecule has 0 saturated carbocycles. The quantitative estimate of drug-likeness (QED) is 0.897. The highest BCUT2D eigenvalue weighted by atomic mass is 16.3. The number of benzene rings is 1. The van der Waals surface area contributed by atoms with E-state index < -0.39 is 0 Å². The second-order valence-corrected chi connectivity index (χ2v) is 6.01. The van der Waals surface area contributed by atoms with Crippen LogP contribution < -0.4 is 0 Å². The van der Waals surface area contributed by atoms with Crippen LogP contribution in [-0.4, -0.2) is 29.6 Å². The Morgan fingerprint density at radius 2 is 1.89 bits per heavy atom. The number of aliphatic hydroxyl groups is 1. The molecule has 2 nitrogen and oxygen atoms in total. The molecule has 1 unspecified atom stereocenters. The highest BCUT2D eigenvalue weighted by molar-refractivity contribution is 5.31. The van der Waals surface area contributed by atoms with Gasteiger partial charge in [-0.05, 0) is 62.4 Å². The molecule has 106 valence electrons. The minimum absolute atomic E-state index is 0.350. The van der Waals surface area contributed by atoms with Gasteiger partial charge in [-0.2, -0.15) is 0 Å². The van der Waals surface area contributed by atoms with E-state index in [1.165, 1.54) is 30.4 Å². The van der Waals surface area contributed by atoms with E-state index in [4.69, 9.17) is 0 Å². The van der Waals surface area contributed by atoms with E-state index in [1.54, 1.807) is 0 Å². The van der Waals surface area contributed by atoms with Crippen molar-refractivity contribution in [3.05, 3.63) is 34.9 Å². The maximum absolute atomic E-state index is 10.4. The summed E-state index contributed by atoms with van der Waals surface area (Å²) in [6.07, 6.45) is 3.53. The molecule has 0 spiro atoms. The van der Waals surface area contributed by atoms with Gasteiger partial charge >= 0.3 is 0 Å². The van der Waals surface area contributed by atoms with Gasteiger partial charge in [0.25, 0.3) is 0 Å². The molecule has 2 rings (SSSR count). The molecule has 19 heavy (non-hydrogen) atoms. The fourth-order valence-electron chi connectivity index (χ4n) is 2.90. The van der Waals surface area contributed by atoms with Crippen LogP contribution in [0.2, 0.25) is 0 Å². The summed E-state index contributed by atoms with van der Waals surface area (Å²) in [6.45, 7) is 9.56. The average Bonchev–Trinajstić information content (AvgIpc) is 2.42. The molecule has 0 aliphatic carbocycles. The molecule has 1 aliphatic heterocycles. The Bertz CT molecular complexity index is 408. The van der Waals surface area contributed by atoms with Crippen LogP contribution in [0.4, 0.5) is 0 Å². The maximum Gasteiger partial charge on any atom is 0.0917 e. The van der Waals surface area contributed by atoms with Gasteiger partial charge in [-0.25, -0.2) is 0 Å². The van der Waals surface area contributed by atoms with Crippen molar-refractivity contribution in [2.45, 2.75) is 46.1 Å². The number of piperidine rings is 1. The van der Waals surface area contributed by atoms with Gasteiger partial charge in [-0.15, -0.1) is 0 Å².